The topological polar surface area (TPSA) is 94.5 Å². The lowest BCUT2D eigenvalue weighted by Gasteiger charge is -2.14. The third-order valence-electron chi connectivity index (χ3n) is 3.69. The summed E-state index contributed by atoms with van der Waals surface area (Å²) in [5.41, 5.74) is 9.45. The zero-order valence-electron chi connectivity index (χ0n) is 14.1. The molecule has 0 saturated heterocycles. The van der Waals surface area contributed by atoms with Gasteiger partial charge in [0.05, 0.1) is 16.9 Å². The Morgan fingerprint density at radius 2 is 2.04 bits per heavy atom. The summed E-state index contributed by atoms with van der Waals surface area (Å²) in [6.07, 6.45) is 4.97. The van der Waals surface area contributed by atoms with Gasteiger partial charge in [0.2, 0.25) is 5.95 Å². The number of nitrogens with one attached hydrogen (secondary N) is 1. The molecule has 7 nitrogen and oxygen atoms in total. The van der Waals surface area contributed by atoms with Crippen LogP contribution >= 0.6 is 24.0 Å². The van der Waals surface area contributed by atoms with Crippen LogP contribution in [0.2, 0.25) is 5.02 Å². The van der Waals surface area contributed by atoms with Crippen molar-refractivity contribution < 1.29 is 0 Å². The van der Waals surface area contributed by atoms with Crippen molar-refractivity contribution in [2.45, 2.75) is 19.9 Å². The molecule has 2 aromatic heterocycles. The number of anilines is 2. The minimum atomic E-state index is -0.0854. The molecule has 0 spiro atoms. The summed E-state index contributed by atoms with van der Waals surface area (Å²) >= 11 is 6.50. The molecule has 0 amide bonds. The first-order valence-corrected chi connectivity index (χ1v) is 7.83. The number of hydrogen-bond acceptors (Lipinski definition) is 6. The maximum absolute atomic E-state index is 6.50. The largest absolute Gasteiger partial charge is 0.324 e. The monoisotopic (exact) mass is 379 g/mol. The van der Waals surface area contributed by atoms with E-state index in [2.05, 4.69) is 25.4 Å². The van der Waals surface area contributed by atoms with Gasteiger partial charge in [-0.25, -0.2) is 9.97 Å². The first kappa shape index (κ1) is 19.1. The molecular formula is C16H19Cl2N7. The Labute approximate surface area is 157 Å². The second-order valence-electron chi connectivity index (χ2n) is 5.59. The molecular weight excluding hydrogens is 361 g/mol. The highest BCUT2D eigenvalue weighted by Crippen LogP contribution is 2.32. The number of aryl methyl sites for hydroxylation is 1. The zero-order valence-corrected chi connectivity index (χ0v) is 15.6. The fourth-order valence-corrected chi connectivity index (χ4v) is 2.72. The predicted molar refractivity (Wildman–Crippen MR) is 101 cm³/mol. The normalized spacial score (nSPS) is 11.7. The Kier molecular flexibility index (Phi) is 5.94. The van der Waals surface area contributed by atoms with E-state index in [9.17, 15) is 0 Å². The van der Waals surface area contributed by atoms with E-state index in [0.29, 0.717) is 16.8 Å². The Balaban J connectivity index is 0.00000225. The Morgan fingerprint density at radius 3 is 2.68 bits per heavy atom. The van der Waals surface area contributed by atoms with Crippen molar-refractivity contribution in [3.8, 4) is 11.4 Å². The molecule has 0 aliphatic heterocycles. The van der Waals surface area contributed by atoms with E-state index in [-0.39, 0.29) is 18.4 Å². The molecule has 0 unspecified atom stereocenters. The lowest BCUT2D eigenvalue weighted by atomic mass is 10.00. The summed E-state index contributed by atoms with van der Waals surface area (Å²) in [4.78, 5) is 12.8. The van der Waals surface area contributed by atoms with Crippen molar-refractivity contribution in [1.82, 2.24) is 24.7 Å². The van der Waals surface area contributed by atoms with Gasteiger partial charge >= 0.3 is 0 Å². The van der Waals surface area contributed by atoms with Crippen LogP contribution in [0.1, 0.15) is 24.1 Å². The number of rotatable bonds is 4. The zero-order chi connectivity index (χ0) is 17.3. The van der Waals surface area contributed by atoms with Crippen molar-refractivity contribution >= 4 is 35.6 Å². The predicted octanol–water partition coefficient (Wildman–Crippen LogP) is 3.42. The summed E-state index contributed by atoms with van der Waals surface area (Å²) in [7, 11) is 1.84. The van der Waals surface area contributed by atoms with Gasteiger partial charge in [0.15, 0.2) is 5.82 Å². The molecule has 3 rings (SSSR count). The summed E-state index contributed by atoms with van der Waals surface area (Å²) in [6, 6.07) is 3.76. The molecule has 9 heteroatoms. The van der Waals surface area contributed by atoms with E-state index in [1.54, 1.807) is 10.9 Å². The van der Waals surface area contributed by atoms with E-state index in [4.69, 9.17) is 17.3 Å². The van der Waals surface area contributed by atoms with Gasteiger partial charge < -0.3 is 11.1 Å². The van der Waals surface area contributed by atoms with Gasteiger partial charge in [-0.05, 0) is 31.0 Å². The van der Waals surface area contributed by atoms with Crippen molar-refractivity contribution in [3.05, 3.63) is 47.0 Å². The molecule has 1 aromatic carbocycles. The average molecular weight is 380 g/mol. The van der Waals surface area contributed by atoms with Crippen LogP contribution in [0, 0.1) is 6.92 Å². The molecule has 0 saturated carbocycles. The van der Waals surface area contributed by atoms with Crippen molar-refractivity contribution in [3.63, 3.8) is 0 Å². The molecule has 2 heterocycles. The Hall–Kier alpha value is -2.22. The van der Waals surface area contributed by atoms with Gasteiger partial charge in [-0.1, -0.05) is 17.7 Å². The van der Waals surface area contributed by atoms with E-state index in [1.165, 1.54) is 6.33 Å². The molecule has 0 radical (unpaired) electrons. The summed E-state index contributed by atoms with van der Waals surface area (Å²) in [5, 5.41) is 7.79. The van der Waals surface area contributed by atoms with Crippen molar-refractivity contribution in [2.75, 3.05) is 5.32 Å². The van der Waals surface area contributed by atoms with Gasteiger partial charge in [-0.15, -0.1) is 12.4 Å². The second kappa shape index (κ2) is 7.77. The first-order valence-electron chi connectivity index (χ1n) is 7.45. The first-order chi connectivity index (χ1) is 11.5. The van der Waals surface area contributed by atoms with Crippen molar-refractivity contribution in [2.24, 2.45) is 12.8 Å². The van der Waals surface area contributed by atoms with Crippen LogP contribution in [-0.2, 0) is 7.05 Å². The van der Waals surface area contributed by atoms with Gasteiger partial charge in [0.1, 0.15) is 6.33 Å². The maximum atomic E-state index is 6.50. The molecule has 3 N–H and O–H groups in total. The maximum Gasteiger partial charge on any atom is 0.230 e. The van der Waals surface area contributed by atoms with E-state index in [0.717, 1.165) is 22.4 Å². The van der Waals surface area contributed by atoms with Crippen LogP contribution in [0.15, 0.2) is 30.9 Å². The van der Waals surface area contributed by atoms with Crippen LogP contribution in [0.3, 0.4) is 0 Å². The number of benzene rings is 1. The minimum absolute atomic E-state index is 0. The number of nitrogens with zero attached hydrogens (tertiary/aromatic N) is 5. The fourth-order valence-electron chi connectivity index (χ4n) is 2.47. The SMILES string of the molecule is Cc1c([C@@H](C)N)ccc(-c2ncnc(Nc3cnn(C)c3)n2)c1Cl.Cl. The molecule has 25 heavy (non-hydrogen) atoms. The van der Waals surface area contributed by atoms with Crippen LogP contribution in [0.25, 0.3) is 11.4 Å². The Bertz CT molecular complexity index is 877. The van der Waals surface area contributed by atoms with Crippen LogP contribution < -0.4 is 11.1 Å². The van der Waals surface area contributed by atoms with Crippen LogP contribution in [0.4, 0.5) is 11.6 Å². The van der Waals surface area contributed by atoms with E-state index < -0.39 is 0 Å². The van der Waals surface area contributed by atoms with E-state index in [1.807, 2.05) is 39.2 Å². The average Bonchev–Trinajstić information content (AvgIpc) is 2.95. The third kappa shape index (κ3) is 4.07. The van der Waals surface area contributed by atoms with Gasteiger partial charge in [-0.3, -0.25) is 4.68 Å². The molecule has 0 bridgehead atoms. The van der Waals surface area contributed by atoms with Crippen molar-refractivity contribution in [1.29, 1.82) is 0 Å². The summed E-state index contributed by atoms with van der Waals surface area (Å²) < 4.78 is 1.69. The highest BCUT2D eigenvalue weighted by atomic mass is 35.5. The molecule has 0 aliphatic carbocycles. The molecule has 0 aliphatic rings. The van der Waals surface area contributed by atoms with E-state index >= 15 is 0 Å². The number of halogens is 2. The van der Waals surface area contributed by atoms with Crippen LogP contribution in [0.5, 0.6) is 0 Å². The second-order valence-corrected chi connectivity index (χ2v) is 5.97. The summed E-state index contributed by atoms with van der Waals surface area (Å²) in [6.45, 7) is 3.87. The minimum Gasteiger partial charge on any atom is -0.324 e. The standard InChI is InChI=1S/C16H18ClN7.ClH/c1-9-12(10(2)18)4-5-13(14(9)17)15-19-8-20-16(23-15)22-11-6-21-24(3)7-11;/h4-8,10H,18H2,1-3H3,(H,19,20,22,23);1H/t10-;/m1./s1. The van der Waals surface area contributed by atoms with Gasteiger partial charge in [-0.2, -0.15) is 10.1 Å². The molecule has 132 valence electrons. The smallest absolute Gasteiger partial charge is 0.230 e. The third-order valence-corrected chi connectivity index (χ3v) is 4.18. The highest BCUT2D eigenvalue weighted by Gasteiger charge is 2.14. The quantitative estimate of drug-likeness (QED) is 0.720. The molecule has 0 fully saturated rings. The van der Waals surface area contributed by atoms with Gasteiger partial charge in [0, 0.05) is 24.8 Å². The number of aromatic nitrogens is 5. The fraction of sp³-hybridized carbons (Fsp3) is 0.250. The van der Waals surface area contributed by atoms with Crippen LogP contribution in [-0.4, -0.2) is 24.7 Å². The number of nitrogens with two attached hydrogens (primary N) is 1. The molecule has 1 atom stereocenters. The Morgan fingerprint density at radius 1 is 1.28 bits per heavy atom. The lowest BCUT2D eigenvalue weighted by Crippen LogP contribution is -2.08. The summed E-state index contributed by atoms with van der Waals surface area (Å²) in [5.74, 6) is 0.929. The van der Waals surface area contributed by atoms with Gasteiger partial charge in [0.25, 0.3) is 0 Å². The lowest BCUT2D eigenvalue weighted by molar-refractivity contribution is 0.768. The highest BCUT2D eigenvalue weighted by molar-refractivity contribution is 6.34. The molecule has 3 aromatic rings. The number of hydrogen-bond donors (Lipinski definition) is 2.